The molecule has 0 spiro atoms. The van der Waals surface area contributed by atoms with Crippen LogP contribution >= 0.6 is 11.8 Å². The molecule has 0 unspecified atom stereocenters. The minimum absolute atomic E-state index is 0.561. The first-order valence-electron chi connectivity index (χ1n) is 7.99. The smallest absolute Gasteiger partial charge is 0.191 e. The van der Waals surface area contributed by atoms with Gasteiger partial charge in [0.1, 0.15) is 17.9 Å². The van der Waals surface area contributed by atoms with Crippen molar-refractivity contribution >= 4 is 18.0 Å². The van der Waals surface area contributed by atoms with E-state index in [1.54, 1.807) is 36.0 Å². The predicted octanol–water partition coefficient (Wildman–Crippen LogP) is 3.39. The molecule has 0 aliphatic rings. The molecular weight excluding hydrogens is 334 g/mol. The van der Waals surface area contributed by atoms with E-state index in [2.05, 4.69) is 22.3 Å². The number of aldehydes is 1. The number of thioether (sulfide) groups is 1. The van der Waals surface area contributed by atoms with Gasteiger partial charge >= 0.3 is 0 Å². The maximum Gasteiger partial charge on any atom is 0.191 e. The van der Waals surface area contributed by atoms with Crippen LogP contribution in [-0.4, -0.2) is 33.4 Å². The zero-order valence-corrected chi connectivity index (χ0v) is 14.8. The van der Waals surface area contributed by atoms with Crippen LogP contribution in [0.4, 0.5) is 0 Å². The number of carbonyl (C=O) groups is 1. The Morgan fingerprint density at radius 3 is 2.56 bits per heavy atom. The Balaban J connectivity index is 1.49. The Labute approximate surface area is 151 Å². The van der Waals surface area contributed by atoms with Crippen LogP contribution in [-0.2, 0) is 13.5 Å². The molecule has 6 heteroatoms. The van der Waals surface area contributed by atoms with Crippen molar-refractivity contribution in [3.05, 3.63) is 71.5 Å². The van der Waals surface area contributed by atoms with Crippen LogP contribution in [0.15, 0.2) is 59.8 Å². The Morgan fingerprint density at radius 1 is 1.08 bits per heavy atom. The summed E-state index contributed by atoms with van der Waals surface area (Å²) in [5.41, 5.74) is 1.86. The summed E-state index contributed by atoms with van der Waals surface area (Å²) in [5.74, 6) is 2.47. The van der Waals surface area contributed by atoms with Crippen molar-refractivity contribution in [1.82, 2.24) is 14.8 Å². The molecule has 25 heavy (non-hydrogen) atoms. The minimum atomic E-state index is 0.561. The van der Waals surface area contributed by atoms with E-state index in [4.69, 9.17) is 4.74 Å². The second kappa shape index (κ2) is 8.48. The van der Waals surface area contributed by atoms with Crippen LogP contribution in [0, 0.1) is 0 Å². The number of hydrogen-bond donors (Lipinski definition) is 0. The van der Waals surface area contributed by atoms with Gasteiger partial charge in [0, 0.05) is 24.8 Å². The van der Waals surface area contributed by atoms with Crippen LogP contribution in [0.1, 0.15) is 21.7 Å². The molecule has 0 N–H and O–H groups in total. The number of benzene rings is 2. The Hall–Kier alpha value is -2.60. The largest absolute Gasteiger partial charge is 0.493 e. The van der Waals surface area contributed by atoms with Crippen molar-refractivity contribution in [2.75, 3.05) is 12.4 Å². The summed E-state index contributed by atoms with van der Waals surface area (Å²) in [6.45, 7) is 0.561. The molecular formula is C19H19N3O2S. The summed E-state index contributed by atoms with van der Waals surface area (Å²) in [4.78, 5) is 10.6. The molecule has 1 aromatic heterocycles. The first-order chi connectivity index (χ1) is 12.3. The summed E-state index contributed by atoms with van der Waals surface area (Å²) >= 11 is 1.61. The fraction of sp³-hybridized carbons (Fsp3) is 0.211. The maximum atomic E-state index is 10.6. The van der Waals surface area contributed by atoms with E-state index in [1.807, 2.05) is 29.8 Å². The third kappa shape index (κ3) is 4.70. The summed E-state index contributed by atoms with van der Waals surface area (Å²) in [5, 5.41) is 9.43. The van der Waals surface area contributed by atoms with Gasteiger partial charge in [0.25, 0.3) is 0 Å². The van der Waals surface area contributed by atoms with Crippen LogP contribution in [0.5, 0.6) is 5.75 Å². The normalized spacial score (nSPS) is 10.6. The molecule has 3 rings (SSSR count). The van der Waals surface area contributed by atoms with Gasteiger partial charge in [-0.2, -0.15) is 0 Å². The standard InChI is InChI=1S/C19H19N3O2S/c1-22-18(13-15-5-3-2-4-6-15)20-21-19(22)25-12-11-24-17-9-7-16(14-23)8-10-17/h2-10,14H,11-13H2,1H3. The number of rotatable bonds is 8. The zero-order valence-electron chi connectivity index (χ0n) is 14.0. The third-order valence-corrected chi connectivity index (χ3v) is 4.71. The highest BCUT2D eigenvalue weighted by Gasteiger charge is 2.09. The quantitative estimate of drug-likeness (QED) is 0.353. The van der Waals surface area contributed by atoms with Crippen LogP contribution < -0.4 is 4.74 Å². The van der Waals surface area contributed by atoms with Crippen molar-refractivity contribution in [2.45, 2.75) is 11.6 Å². The fourth-order valence-corrected chi connectivity index (χ4v) is 3.09. The molecule has 1 heterocycles. The van der Waals surface area contributed by atoms with Crippen LogP contribution in [0.3, 0.4) is 0 Å². The van der Waals surface area contributed by atoms with Crippen molar-refractivity contribution in [3.8, 4) is 5.75 Å². The second-order valence-electron chi connectivity index (χ2n) is 5.50. The fourth-order valence-electron chi connectivity index (χ4n) is 2.34. The van der Waals surface area contributed by atoms with Gasteiger partial charge in [0.2, 0.25) is 0 Å². The lowest BCUT2D eigenvalue weighted by molar-refractivity contribution is 0.112. The van der Waals surface area contributed by atoms with Crippen LogP contribution in [0.25, 0.3) is 0 Å². The number of aromatic nitrogens is 3. The summed E-state index contributed by atoms with van der Waals surface area (Å²) < 4.78 is 7.70. The van der Waals surface area contributed by atoms with Gasteiger partial charge in [0.15, 0.2) is 5.16 Å². The predicted molar refractivity (Wildman–Crippen MR) is 98.3 cm³/mol. The maximum absolute atomic E-state index is 10.6. The van der Waals surface area contributed by atoms with Gasteiger partial charge in [-0.3, -0.25) is 4.79 Å². The molecule has 5 nitrogen and oxygen atoms in total. The second-order valence-corrected chi connectivity index (χ2v) is 6.57. The van der Waals surface area contributed by atoms with E-state index < -0.39 is 0 Å². The third-order valence-electron chi connectivity index (χ3n) is 3.73. The molecule has 3 aromatic rings. The topological polar surface area (TPSA) is 57.0 Å². The monoisotopic (exact) mass is 353 g/mol. The van der Waals surface area contributed by atoms with Crippen LogP contribution in [0.2, 0.25) is 0 Å². The van der Waals surface area contributed by atoms with Crippen molar-refractivity contribution in [1.29, 1.82) is 0 Å². The highest BCUT2D eigenvalue weighted by molar-refractivity contribution is 7.99. The van der Waals surface area contributed by atoms with E-state index >= 15 is 0 Å². The molecule has 0 saturated heterocycles. The lowest BCUT2D eigenvalue weighted by Crippen LogP contribution is -2.03. The molecule has 0 amide bonds. The minimum Gasteiger partial charge on any atom is -0.493 e. The first-order valence-corrected chi connectivity index (χ1v) is 8.98. The SMILES string of the molecule is Cn1c(Cc2ccccc2)nnc1SCCOc1ccc(C=O)cc1. The summed E-state index contributed by atoms with van der Waals surface area (Å²) in [6, 6.07) is 17.3. The molecule has 0 saturated carbocycles. The Bertz CT molecular complexity index is 816. The van der Waals surface area contributed by atoms with Gasteiger partial charge in [0.05, 0.1) is 6.61 Å². The van der Waals surface area contributed by atoms with Crippen molar-refractivity contribution < 1.29 is 9.53 Å². The van der Waals surface area contributed by atoms with Gasteiger partial charge in [-0.25, -0.2) is 0 Å². The molecule has 0 atom stereocenters. The summed E-state index contributed by atoms with van der Waals surface area (Å²) in [7, 11) is 1.99. The number of ether oxygens (including phenoxy) is 1. The lowest BCUT2D eigenvalue weighted by Gasteiger charge is -2.06. The molecule has 0 bridgehead atoms. The Kier molecular flexibility index (Phi) is 5.85. The van der Waals surface area contributed by atoms with Gasteiger partial charge < -0.3 is 9.30 Å². The highest BCUT2D eigenvalue weighted by Crippen LogP contribution is 2.18. The average molecular weight is 353 g/mol. The molecule has 0 aliphatic heterocycles. The number of carbonyl (C=O) groups excluding carboxylic acids is 1. The molecule has 0 fully saturated rings. The van der Waals surface area contributed by atoms with E-state index in [-0.39, 0.29) is 0 Å². The lowest BCUT2D eigenvalue weighted by atomic mass is 10.1. The molecule has 0 aliphatic carbocycles. The van der Waals surface area contributed by atoms with Crippen molar-refractivity contribution in [2.24, 2.45) is 7.05 Å². The molecule has 128 valence electrons. The zero-order chi connectivity index (χ0) is 17.5. The molecule has 2 aromatic carbocycles. The van der Waals surface area contributed by atoms with Crippen molar-refractivity contribution in [3.63, 3.8) is 0 Å². The Morgan fingerprint density at radius 2 is 1.84 bits per heavy atom. The average Bonchev–Trinajstić information content (AvgIpc) is 3.00. The van der Waals surface area contributed by atoms with Gasteiger partial charge in [-0.05, 0) is 29.8 Å². The van der Waals surface area contributed by atoms with E-state index in [0.29, 0.717) is 12.2 Å². The number of hydrogen-bond acceptors (Lipinski definition) is 5. The number of nitrogens with zero attached hydrogens (tertiary/aromatic N) is 3. The van der Waals surface area contributed by atoms with Gasteiger partial charge in [-0.1, -0.05) is 42.1 Å². The van der Waals surface area contributed by atoms with Gasteiger partial charge in [-0.15, -0.1) is 10.2 Å². The van der Waals surface area contributed by atoms with E-state index in [9.17, 15) is 4.79 Å². The van der Waals surface area contributed by atoms with E-state index in [0.717, 1.165) is 35.2 Å². The summed E-state index contributed by atoms with van der Waals surface area (Å²) in [6.07, 6.45) is 1.59. The molecule has 0 radical (unpaired) electrons. The highest BCUT2D eigenvalue weighted by atomic mass is 32.2. The van der Waals surface area contributed by atoms with E-state index in [1.165, 1.54) is 5.56 Å². The first kappa shape index (κ1) is 17.2.